The van der Waals surface area contributed by atoms with Gasteiger partial charge in [-0.15, -0.1) is 0 Å². The van der Waals surface area contributed by atoms with Gasteiger partial charge in [-0.2, -0.15) is 0 Å². The fraction of sp³-hybridized carbons (Fsp3) is 0.435. The average Bonchev–Trinajstić information content (AvgIpc) is 2.79. The Morgan fingerprint density at radius 1 is 1.12 bits per heavy atom. The number of ether oxygens (including phenoxy) is 2. The summed E-state index contributed by atoms with van der Waals surface area (Å²) < 4.78 is 51.3. The molecule has 1 saturated heterocycles. The number of amides is 1. The van der Waals surface area contributed by atoms with E-state index in [1.165, 1.54) is 22.5 Å². The predicted octanol–water partition coefficient (Wildman–Crippen LogP) is 2.96. The number of hydrogen-bond acceptors (Lipinski definition) is 5. The summed E-state index contributed by atoms with van der Waals surface area (Å²) >= 11 is 0. The van der Waals surface area contributed by atoms with Crippen molar-refractivity contribution in [3.63, 3.8) is 0 Å². The minimum atomic E-state index is -3.64. The van der Waals surface area contributed by atoms with Crippen molar-refractivity contribution in [1.29, 1.82) is 0 Å². The van der Waals surface area contributed by atoms with Crippen LogP contribution in [0.25, 0.3) is 0 Å². The number of methoxy groups -OCH3 is 1. The van der Waals surface area contributed by atoms with Gasteiger partial charge in [0.05, 0.1) is 18.9 Å². The molecule has 0 bridgehead atoms. The molecular weight excluding hydrogens is 435 g/mol. The van der Waals surface area contributed by atoms with Crippen molar-refractivity contribution in [2.45, 2.75) is 31.6 Å². The van der Waals surface area contributed by atoms with Crippen LogP contribution in [0.3, 0.4) is 0 Å². The lowest BCUT2D eigenvalue weighted by atomic mass is 9.97. The van der Waals surface area contributed by atoms with Gasteiger partial charge in [-0.1, -0.05) is 18.2 Å². The lowest BCUT2D eigenvalue weighted by molar-refractivity contribution is -0.126. The highest BCUT2D eigenvalue weighted by Gasteiger charge is 2.32. The van der Waals surface area contributed by atoms with Crippen LogP contribution in [0.4, 0.5) is 4.39 Å². The second-order valence-electron chi connectivity index (χ2n) is 7.92. The highest BCUT2D eigenvalue weighted by molar-refractivity contribution is 7.88. The number of carbonyl (C=O) groups excluding carboxylic acids is 1. The summed E-state index contributed by atoms with van der Waals surface area (Å²) in [5.74, 6) is 0.133. The van der Waals surface area contributed by atoms with Gasteiger partial charge >= 0.3 is 0 Å². The van der Waals surface area contributed by atoms with Gasteiger partial charge in [0.15, 0.2) is 0 Å². The Balaban J connectivity index is 1.44. The molecular formula is C23H29FN2O5S. The van der Waals surface area contributed by atoms with Gasteiger partial charge in [0, 0.05) is 24.6 Å². The van der Waals surface area contributed by atoms with Crippen LogP contribution >= 0.6 is 0 Å². The van der Waals surface area contributed by atoms with Crippen LogP contribution in [0.5, 0.6) is 11.5 Å². The first-order valence-corrected chi connectivity index (χ1v) is 12.2. The standard InChI is InChI=1S/C23H29FN2O5S/c1-17(15-31-21-9-7-20(30-2)8-10-21)25-23(27)18-11-13-26(14-12-18)32(28,29)16-19-5-3-4-6-22(19)24/h3-10,17-18H,11-16H2,1-2H3,(H,25,27). The largest absolute Gasteiger partial charge is 0.497 e. The zero-order valence-corrected chi connectivity index (χ0v) is 19.1. The summed E-state index contributed by atoms with van der Waals surface area (Å²) in [7, 11) is -2.05. The quantitative estimate of drug-likeness (QED) is 0.617. The molecule has 1 aliphatic heterocycles. The van der Waals surface area contributed by atoms with Crippen LogP contribution in [-0.4, -0.2) is 51.5 Å². The molecule has 0 aromatic heterocycles. The smallest absolute Gasteiger partial charge is 0.223 e. The van der Waals surface area contributed by atoms with E-state index in [-0.39, 0.29) is 42.3 Å². The third-order valence-electron chi connectivity index (χ3n) is 5.46. The predicted molar refractivity (Wildman–Crippen MR) is 119 cm³/mol. The highest BCUT2D eigenvalue weighted by Crippen LogP contribution is 2.23. The van der Waals surface area contributed by atoms with E-state index in [1.54, 1.807) is 37.4 Å². The van der Waals surface area contributed by atoms with Crippen LogP contribution in [-0.2, 0) is 20.6 Å². The van der Waals surface area contributed by atoms with E-state index in [2.05, 4.69) is 5.32 Å². The summed E-state index contributed by atoms with van der Waals surface area (Å²) in [6.07, 6.45) is 0.850. The van der Waals surface area contributed by atoms with Gasteiger partial charge in [-0.3, -0.25) is 4.79 Å². The number of nitrogens with one attached hydrogen (secondary N) is 1. The summed E-state index contributed by atoms with van der Waals surface area (Å²) in [5.41, 5.74) is 0.151. The van der Waals surface area contributed by atoms with Gasteiger partial charge in [-0.25, -0.2) is 17.1 Å². The number of carbonyl (C=O) groups is 1. The second-order valence-corrected chi connectivity index (χ2v) is 9.89. The fourth-order valence-electron chi connectivity index (χ4n) is 3.59. The summed E-state index contributed by atoms with van der Waals surface area (Å²) in [5, 5.41) is 2.94. The van der Waals surface area contributed by atoms with Crippen LogP contribution in [0.2, 0.25) is 0 Å². The molecule has 0 aliphatic carbocycles. The van der Waals surface area contributed by atoms with Crippen molar-refractivity contribution in [3.8, 4) is 11.5 Å². The molecule has 1 aliphatic rings. The van der Waals surface area contributed by atoms with Crippen molar-refractivity contribution in [1.82, 2.24) is 9.62 Å². The molecule has 7 nitrogen and oxygen atoms in total. The SMILES string of the molecule is COc1ccc(OCC(C)NC(=O)C2CCN(S(=O)(=O)Cc3ccccc3F)CC2)cc1. The van der Waals surface area contributed by atoms with Gasteiger partial charge in [-0.05, 0) is 50.1 Å². The van der Waals surface area contributed by atoms with E-state index < -0.39 is 15.8 Å². The van der Waals surface area contributed by atoms with E-state index in [0.717, 1.165) is 5.75 Å². The molecule has 174 valence electrons. The van der Waals surface area contributed by atoms with E-state index >= 15 is 0 Å². The summed E-state index contributed by atoms with van der Waals surface area (Å²) in [6.45, 7) is 2.65. The first kappa shape index (κ1) is 24.0. The molecule has 1 amide bonds. The summed E-state index contributed by atoms with van der Waals surface area (Å²) in [4.78, 5) is 12.6. The van der Waals surface area contributed by atoms with Crippen molar-refractivity contribution < 1.29 is 27.1 Å². The van der Waals surface area contributed by atoms with Gasteiger partial charge in [0.2, 0.25) is 15.9 Å². The van der Waals surface area contributed by atoms with Crippen LogP contribution in [0, 0.1) is 11.7 Å². The molecule has 1 atom stereocenters. The molecule has 2 aromatic carbocycles. The van der Waals surface area contributed by atoms with Crippen molar-refractivity contribution in [2.24, 2.45) is 5.92 Å². The molecule has 0 radical (unpaired) electrons. The van der Waals surface area contributed by atoms with Crippen molar-refractivity contribution in [2.75, 3.05) is 26.8 Å². The first-order chi connectivity index (χ1) is 15.3. The Bertz CT molecular complexity index is 1010. The van der Waals surface area contributed by atoms with Gasteiger partial charge < -0.3 is 14.8 Å². The van der Waals surface area contributed by atoms with E-state index in [4.69, 9.17) is 9.47 Å². The molecule has 1 heterocycles. The van der Waals surface area contributed by atoms with Crippen molar-refractivity contribution >= 4 is 15.9 Å². The fourth-order valence-corrected chi connectivity index (χ4v) is 5.17. The number of piperidine rings is 1. The Labute approximate surface area is 188 Å². The number of nitrogens with zero attached hydrogens (tertiary/aromatic N) is 1. The first-order valence-electron chi connectivity index (χ1n) is 10.6. The Kier molecular flexibility index (Phi) is 8.09. The molecule has 0 spiro atoms. The Morgan fingerprint density at radius 2 is 1.75 bits per heavy atom. The highest BCUT2D eigenvalue weighted by atomic mass is 32.2. The molecule has 1 fully saturated rings. The number of halogens is 1. The molecule has 2 aromatic rings. The zero-order valence-electron chi connectivity index (χ0n) is 18.3. The van der Waals surface area contributed by atoms with Crippen LogP contribution in [0.1, 0.15) is 25.3 Å². The van der Waals surface area contributed by atoms with E-state index in [1.807, 2.05) is 6.92 Å². The molecule has 9 heteroatoms. The molecule has 1 N–H and O–H groups in total. The number of benzene rings is 2. The molecule has 3 rings (SSSR count). The topological polar surface area (TPSA) is 84.9 Å². The maximum absolute atomic E-state index is 13.8. The minimum Gasteiger partial charge on any atom is -0.497 e. The Morgan fingerprint density at radius 3 is 2.38 bits per heavy atom. The lowest BCUT2D eigenvalue weighted by Crippen LogP contribution is -2.46. The van der Waals surface area contributed by atoms with E-state index in [0.29, 0.717) is 25.2 Å². The number of hydrogen-bond donors (Lipinski definition) is 1. The minimum absolute atomic E-state index is 0.109. The molecule has 32 heavy (non-hydrogen) atoms. The second kappa shape index (κ2) is 10.8. The Hall–Kier alpha value is -2.65. The van der Waals surface area contributed by atoms with Crippen LogP contribution in [0.15, 0.2) is 48.5 Å². The number of sulfonamides is 1. The third kappa shape index (κ3) is 6.43. The van der Waals surface area contributed by atoms with Crippen LogP contribution < -0.4 is 14.8 Å². The normalized spacial score (nSPS) is 16.3. The monoisotopic (exact) mass is 464 g/mol. The molecule has 1 unspecified atom stereocenters. The maximum Gasteiger partial charge on any atom is 0.223 e. The van der Waals surface area contributed by atoms with Gasteiger partial charge in [0.25, 0.3) is 0 Å². The van der Waals surface area contributed by atoms with Crippen molar-refractivity contribution in [3.05, 3.63) is 59.9 Å². The zero-order chi connectivity index (χ0) is 23.1. The average molecular weight is 465 g/mol. The summed E-state index contributed by atoms with van der Waals surface area (Å²) in [6, 6.07) is 12.9. The maximum atomic E-state index is 13.8. The van der Waals surface area contributed by atoms with Gasteiger partial charge in [0.1, 0.15) is 23.9 Å². The number of rotatable bonds is 9. The van der Waals surface area contributed by atoms with E-state index in [9.17, 15) is 17.6 Å². The third-order valence-corrected chi connectivity index (χ3v) is 7.29. The molecule has 0 saturated carbocycles. The lowest BCUT2D eigenvalue weighted by Gasteiger charge is -2.31.